The predicted molar refractivity (Wildman–Crippen MR) is 99.1 cm³/mol. The second kappa shape index (κ2) is 9.00. The Labute approximate surface area is 160 Å². The SMILES string of the molecule is Cc1cccc(OCC(=O)OCC(=O)Nc2cc(Cl)ccc2[N+](=O)[O-])c1C. The second-order valence-electron chi connectivity index (χ2n) is 5.61. The number of hydrogen-bond acceptors (Lipinski definition) is 6. The Morgan fingerprint density at radius 2 is 1.93 bits per heavy atom. The topological polar surface area (TPSA) is 108 Å². The second-order valence-corrected chi connectivity index (χ2v) is 6.05. The molecule has 8 nitrogen and oxygen atoms in total. The van der Waals surface area contributed by atoms with Gasteiger partial charge in [-0.05, 0) is 43.2 Å². The van der Waals surface area contributed by atoms with Crippen LogP contribution >= 0.6 is 11.6 Å². The van der Waals surface area contributed by atoms with Gasteiger partial charge in [0, 0.05) is 11.1 Å². The van der Waals surface area contributed by atoms with Crippen molar-refractivity contribution in [1.29, 1.82) is 0 Å². The van der Waals surface area contributed by atoms with Gasteiger partial charge in [0.15, 0.2) is 13.2 Å². The number of amides is 1. The Morgan fingerprint density at radius 1 is 1.19 bits per heavy atom. The Balaban J connectivity index is 1.87. The highest BCUT2D eigenvalue weighted by molar-refractivity contribution is 6.31. The molecule has 9 heteroatoms. The number of nitro benzene ring substituents is 1. The number of ether oxygens (including phenoxy) is 2. The van der Waals surface area contributed by atoms with E-state index in [0.29, 0.717) is 5.75 Å². The number of aryl methyl sites for hydroxylation is 1. The maximum Gasteiger partial charge on any atom is 0.344 e. The van der Waals surface area contributed by atoms with E-state index in [4.69, 9.17) is 21.1 Å². The summed E-state index contributed by atoms with van der Waals surface area (Å²) in [6.07, 6.45) is 0. The molecule has 27 heavy (non-hydrogen) atoms. The third-order valence-corrected chi connectivity index (χ3v) is 3.93. The van der Waals surface area contributed by atoms with Crippen molar-refractivity contribution in [2.24, 2.45) is 0 Å². The predicted octanol–water partition coefficient (Wildman–Crippen LogP) is 3.43. The van der Waals surface area contributed by atoms with Crippen LogP contribution in [0.4, 0.5) is 11.4 Å². The zero-order valence-corrected chi connectivity index (χ0v) is 15.4. The number of benzene rings is 2. The Morgan fingerprint density at radius 3 is 2.63 bits per heavy atom. The van der Waals surface area contributed by atoms with Crippen LogP contribution in [0.1, 0.15) is 11.1 Å². The molecule has 0 atom stereocenters. The van der Waals surface area contributed by atoms with Gasteiger partial charge < -0.3 is 14.8 Å². The molecule has 0 aliphatic heterocycles. The number of carbonyl (C=O) groups excluding carboxylic acids is 2. The van der Waals surface area contributed by atoms with Crippen LogP contribution < -0.4 is 10.1 Å². The fraction of sp³-hybridized carbons (Fsp3) is 0.222. The average molecular weight is 393 g/mol. The van der Waals surface area contributed by atoms with Crippen LogP contribution in [0.15, 0.2) is 36.4 Å². The van der Waals surface area contributed by atoms with Gasteiger partial charge in [-0.1, -0.05) is 23.7 Å². The van der Waals surface area contributed by atoms with E-state index in [1.54, 1.807) is 12.1 Å². The molecule has 0 heterocycles. The van der Waals surface area contributed by atoms with Crippen molar-refractivity contribution in [1.82, 2.24) is 0 Å². The summed E-state index contributed by atoms with van der Waals surface area (Å²) >= 11 is 5.78. The van der Waals surface area contributed by atoms with Gasteiger partial charge in [0.2, 0.25) is 0 Å². The molecule has 2 rings (SSSR count). The van der Waals surface area contributed by atoms with Crippen LogP contribution in [-0.4, -0.2) is 30.0 Å². The van der Waals surface area contributed by atoms with Crippen LogP contribution in [0.3, 0.4) is 0 Å². The summed E-state index contributed by atoms with van der Waals surface area (Å²) in [6, 6.07) is 9.18. The number of nitrogens with one attached hydrogen (secondary N) is 1. The lowest BCUT2D eigenvalue weighted by Gasteiger charge is -2.11. The maximum absolute atomic E-state index is 11.9. The van der Waals surface area contributed by atoms with Gasteiger partial charge in [0.05, 0.1) is 4.92 Å². The van der Waals surface area contributed by atoms with E-state index < -0.39 is 23.4 Å². The minimum atomic E-state index is -0.744. The van der Waals surface area contributed by atoms with Gasteiger partial charge in [-0.2, -0.15) is 0 Å². The molecule has 0 bridgehead atoms. The highest BCUT2D eigenvalue weighted by atomic mass is 35.5. The van der Waals surface area contributed by atoms with Crippen molar-refractivity contribution in [3.05, 3.63) is 62.7 Å². The minimum absolute atomic E-state index is 0.0832. The van der Waals surface area contributed by atoms with Crippen molar-refractivity contribution in [3.8, 4) is 5.75 Å². The van der Waals surface area contributed by atoms with E-state index in [9.17, 15) is 19.7 Å². The van der Waals surface area contributed by atoms with Crippen molar-refractivity contribution < 1.29 is 24.0 Å². The van der Waals surface area contributed by atoms with Gasteiger partial charge >= 0.3 is 5.97 Å². The lowest BCUT2D eigenvalue weighted by Crippen LogP contribution is -2.24. The summed E-state index contributed by atoms with van der Waals surface area (Å²) in [7, 11) is 0. The fourth-order valence-corrected chi connectivity index (χ4v) is 2.33. The van der Waals surface area contributed by atoms with E-state index >= 15 is 0 Å². The third kappa shape index (κ3) is 5.68. The molecule has 0 radical (unpaired) electrons. The number of carbonyl (C=O) groups is 2. The first-order valence-corrected chi connectivity index (χ1v) is 8.24. The molecule has 2 aromatic carbocycles. The van der Waals surface area contributed by atoms with Gasteiger partial charge in [-0.15, -0.1) is 0 Å². The summed E-state index contributed by atoms with van der Waals surface area (Å²) in [6.45, 7) is 2.80. The van der Waals surface area contributed by atoms with Gasteiger partial charge in [0.1, 0.15) is 11.4 Å². The molecule has 0 aliphatic carbocycles. The quantitative estimate of drug-likeness (QED) is 0.439. The Kier molecular flexibility index (Phi) is 6.73. The molecule has 1 N–H and O–H groups in total. The van der Waals surface area contributed by atoms with E-state index in [1.807, 2.05) is 19.9 Å². The number of nitro groups is 1. The highest BCUT2D eigenvalue weighted by Gasteiger charge is 2.17. The number of hydrogen-bond donors (Lipinski definition) is 1. The third-order valence-electron chi connectivity index (χ3n) is 3.69. The molecule has 0 spiro atoms. The van der Waals surface area contributed by atoms with E-state index in [2.05, 4.69) is 5.32 Å². The Bertz CT molecular complexity index is 884. The van der Waals surface area contributed by atoms with Crippen LogP contribution in [-0.2, 0) is 14.3 Å². The van der Waals surface area contributed by atoms with Crippen LogP contribution in [0.5, 0.6) is 5.75 Å². The summed E-state index contributed by atoms with van der Waals surface area (Å²) in [5.41, 5.74) is 1.51. The van der Waals surface area contributed by atoms with Crippen LogP contribution in [0, 0.1) is 24.0 Å². The van der Waals surface area contributed by atoms with Crippen molar-refractivity contribution in [2.45, 2.75) is 13.8 Å². The largest absolute Gasteiger partial charge is 0.482 e. The smallest absolute Gasteiger partial charge is 0.344 e. The monoisotopic (exact) mass is 392 g/mol. The van der Waals surface area contributed by atoms with Crippen molar-refractivity contribution in [3.63, 3.8) is 0 Å². The molecule has 0 saturated heterocycles. The molecular formula is C18H17ClN2O6. The average Bonchev–Trinajstić information content (AvgIpc) is 2.61. The molecule has 0 aromatic heterocycles. The van der Waals surface area contributed by atoms with Gasteiger partial charge in [0.25, 0.3) is 11.6 Å². The standard InChI is InChI=1S/C18H17ClN2O6/c1-11-4-3-5-16(12(11)2)26-10-18(23)27-9-17(22)20-14-8-13(19)6-7-15(14)21(24)25/h3-8H,9-10H2,1-2H3,(H,20,22). The minimum Gasteiger partial charge on any atom is -0.482 e. The van der Waals surface area contributed by atoms with E-state index in [1.165, 1.54) is 18.2 Å². The maximum atomic E-state index is 11.9. The molecular weight excluding hydrogens is 376 g/mol. The zero-order chi connectivity index (χ0) is 20.0. The number of rotatable bonds is 7. The Hall–Kier alpha value is -3.13. The zero-order valence-electron chi connectivity index (χ0n) is 14.7. The van der Waals surface area contributed by atoms with Crippen LogP contribution in [0.25, 0.3) is 0 Å². The molecule has 0 aliphatic rings. The highest BCUT2D eigenvalue weighted by Crippen LogP contribution is 2.27. The molecule has 1 amide bonds. The first-order valence-electron chi connectivity index (χ1n) is 7.86. The normalized spacial score (nSPS) is 10.2. The molecule has 0 unspecified atom stereocenters. The summed E-state index contributed by atoms with van der Waals surface area (Å²) in [5.74, 6) is -0.932. The number of esters is 1. The first-order chi connectivity index (χ1) is 12.8. The molecule has 0 fully saturated rings. The van der Waals surface area contributed by atoms with Crippen LogP contribution in [0.2, 0.25) is 5.02 Å². The number of nitrogens with zero attached hydrogens (tertiary/aromatic N) is 1. The first kappa shape index (κ1) is 20.2. The summed E-state index contributed by atoms with van der Waals surface area (Å²) < 4.78 is 10.2. The fourth-order valence-electron chi connectivity index (χ4n) is 2.16. The molecule has 142 valence electrons. The van der Waals surface area contributed by atoms with E-state index in [-0.39, 0.29) is 23.0 Å². The summed E-state index contributed by atoms with van der Waals surface area (Å²) in [4.78, 5) is 33.9. The lowest BCUT2D eigenvalue weighted by atomic mass is 10.1. The molecule has 0 saturated carbocycles. The van der Waals surface area contributed by atoms with E-state index in [0.717, 1.165) is 11.1 Å². The lowest BCUT2D eigenvalue weighted by molar-refractivity contribution is -0.383. The van der Waals surface area contributed by atoms with Crippen molar-refractivity contribution >= 4 is 34.9 Å². The molecule has 2 aromatic rings. The van der Waals surface area contributed by atoms with Gasteiger partial charge in [-0.3, -0.25) is 14.9 Å². The number of halogens is 1. The summed E-state index contributed by atoms with van der Waals surface area (Å²) in [5, 5.41) is 13.5. The number of anilines is 1. The van der Waals surface area contributed by atoms with Crippen molar-refractivity contribution in [2.75, 3.05) is 18.5 Å². The van der Waals surface area contributed by atoms with Gasteiger partial charge in [-0.25, -0.2) is 4.79 Å².